The smallest absolute Gasteiger partial charge is 0.254 e. The van der Waals surface area contributed by atoms with Gasteiger partial charge in [-0.2, -0.15) is 5.10 Å². The van der Waals surface area contributed by atoms with Gasteiger partial charge in [0.05, 0.1) is 23.1 Å². The van der Waals surface area contributed by atoms with Crippen LogP contribution in [0, 0.1) is 6.92 Å². The summed E-state index contributed by atoms with van der Waals surface area (Å²) in [4.78, 5) is 13.2. The van der Waals surface area contributed by atoms with Crippen LogP contribution in [0.3, 0.4) is 0 Å². The quantitative estimate of drug-likeness (QED) is 0.598. The molecular weight excluding hydrogens is 410 g/mol. The second-order valence-corrected chi connectivity index (χ2v) is 8.63. The SMILES string of the molecule is CCc1c(C(=O)NCC2(c3cccc(Cl)c3)CCOCC2)cnn1-c1ccc(C)cc1. The third-order valence-electron chi connectivity index (χ3n) is 6.20. The molecule has 6 heteroatoms. The van der Waals surface area contributed by atoms with Gasteiger partial charge in [-0.3, -0.25) is 4.79 Å². The zero-order valence-corrected chi connectivity index (χ0v) is 18.8. The van der Waals surface area contributed by atoms with Crippen molar-refractivity contribution in [1.29, 1.82) is 0 Å². The molecule has 1 fully saturated rings. The van der Waals surface area contributed by atoms with Gasteiger partial charge in [0.1, 0.15) is 0 Å². The van der Waals surface area contributed by atoms with Gasteiger partial charge in [0, 0.05) is 30.2 Å². The van der Waals surface area contributed by atoms with Crippen LogP contribution in [0.2, 0.25) is 5.02 Å². The monoisotopic (exact) mass is 437 g/mol. The molecule has 162 valence electrons. The van der Waals surface area contributed by atoms with Gasteiger partial charge in [-0.25, -0.2) is 4.68 Å². The van der Waals surface area contributed by atoms with Crippen molar-refractivity contribution in [2.24, 2.45) is 0 Å². The Kier molecular flexibility index (Phi) is 6.44. The summed E-state index contributed by atoms with van der Waals surface area (Å²) in [5.74, 6) is -0.0943. The summed E-state index contributed by atoms with van der Waals surface area (Å²) in [5.41, 5.74) is 4.64. The number of carbonyl (C=O) groups is 1. The maximum Gasteiger partial charge on any atom is 0.254 e. The van der Waals surface area contributed by atoms with Gasteiger partial charge >= 0.3 is 0 Å². The Morgan fingerprint density at radius 2 is 1.94 bits per heavy atom. The van der Waals surface area contributed by atoms with Crippen molar-refractivity contribution in [3.63, 3.8) is 0 Å². The van der Waals surface area contributed by atoms with E-state index in [1.807, 2.05) is 41.9 Å². The van der Waals surface area contributed by atoms with Crippen LogP contribution in [0.15, 0.2) is 54.7 Å². The van der Waals surface area contributed by atoms with Crippen molar-refractivity contribution in [2.45, 2.75) is 38.5 Å². The van der Waals surface area contributed by atoms with Gasteiger partial charge in [0.2, 0.25) is 0 Å². The Morgan fingerprint density at radius 3 is 2.61 bits per heavy atom. The molecule has 2 heterocycles. The Labute approximate surface area is 188 Å². The van der Waals surface area contributed by atoms with E-state index < -0.39 is 0 Å². The average Bonchev–Trinajstić information content (AvgIpc) is 3.23. The molecule has 3 aromatic rings. The van der Waals surface area contributed by atoms with Crippen molar-refractivity contribution in [2.75, 3.05) is 19.8 Å². The summed E-state index contributed by atoms with van der Waals surface area (Å²) in [6.07, 6.45) is 4.07. The van der Waals surface area contributed by atoms with Gasteiger partial charge in [-0.1, -0.05) is 48.4 Å². The van der Waals surface area contributed by atoms with Crippen LogP contribution >= 0.6 is 11.6 Å². The summed E-state index contributed by atoms with van der Waals surface area (Å²) in [6, 6.07) is 16.1. The lowest BCUT2D eigenvalue weighted by Crippen LogP contribution is -2.44. The fraction of sp³-hybridized carbons (Fsp3) is 0.360. The zero-order valence-electron chi connectivity index (χ0n) is 18.0. The van der Waals surface area contributed by atoms with E-state index in [1.165, 1.54) is 5.56 Å². The molecule has 0 saturated carbocycles. The van der Waals surface area contributed by atoms with E-state index in [2.05, 4.69) is 35.5 Å². The first-order valence-corrected chi connectivity index (χ1v) is 11.2. The lowest BCUT2D eigenvalue weighted by molar-refractivity contribution is 0.0487. The third-order valence-corrected chi connectivity index (χ3v) is 6.44. The first kappa shape index (κ1) is 21.6. The van der Waals surface area contributed by atoms with Crippen LogP contribution in [-0.2, 0) is 16.6 Å². The van der Waals surface area contributed by atoms with Crippen molar-refractivity contribution in [1.82, 2.24) is 15.1 Å². The van der Waals surface area contributed by atoms with Crippen molar-refractivity contribution in [3.05, 3.63) is 82.1 Å². The highest BCUT2D eigenvalue weighted by Crippen LogP contribution is 2.35. The molecule has 0 atom stereocenters. The highest BCUT2D eigenvalue weighted by atomic mass is 35.5. The fourth-order valence-corrected chi connectivity index (χ4v) is 4.50. The molecule has 0 aliphatic carbocycles. The van der Waals surface area contributed by atoms with Crippen LogP contribution in [0.25, 0.3) is 5.69 Å². The highest BCUT2D eigenvalue weighted by Gasteiger charge is 2.35. The number of aromatic nitrogens is 2. The number of halogens is 1. The molecule has 1 saturated heterocycles. The summed E-state index contributed by atoms with van der Waals surface area (Å²) in [6.45, 7) is 5.99. The Balaban J connectivity index is 1.57. The predicted molar refractivity (Wildman–Crippen MR) is 123 cm³/mol. The zero-order chi connectivity index (χ0) is 21.8. The van der Waals surface area contributed by atoms with E-state index in [0.717, 1.165) is 29.8 Å². The molecule has 0 bridgehead atoms. The number of ether oxygens (including phenoxy) is 1. The summed E-state index contributed by atoms with van der Waals surface area (Å²) in [5, 5.41) is 8.40. The van der Waals surface area contributed by atoms with Crippen LogP contribution in [0.5, 0.6) is 0 Å². The predicted octanol–water partition coefficient (Wildman–Crippen LogP) is 4.87. The highest BCUT2D eigenvalue weighted by molar-refractivity contribution is 6.30. The van der Waals surface area contributed by atoms with Gasteiger partial charge in [0.25, 0.3) is 5.91 Å². The molecule has 1 aromatic heterocycles. The lowest BCUT2D eigenvalue weighted by atomic mass is 9.74. The van der Waals surface area contributed by atoms with Crippen molar-refractivity contribution >= 4 is 17.5 Å². The average molecular weight is 438 g/mol. The Hall–Kier alpha value is -2.63. The van der Waals surface area contributed by atoms with Crippen LogP contribution in [0.4, 0.5) is 0 Å². The maximum absolute atomic E-state index is 13.2. The molecule has 2 aromatic carbocycles. The van der Waals surface area contributed by atoms with Crippen LogP contribution < -0.4 is 5.32 Å². The molecule has 1 aliphatic heterocycles. The van der Waals surface area contributed by atoms with Crippen molar-refractivity contribution < 1.29 is 9.53 Å². The molecule has 1 N–H and O–H groups in total. The lowest BCUT2D eigenvalue weighted by Gasteiger charge is -2.38. The fourth-order valence-electron chi connectivity index (χ4n) is 4.30. The summed E-state index contributed by atoms with van der Waals surface area (Å²) < 4.78 is 7.46. The second-order valence-electron chi connectivity index (χ2n) is 8.19. The Bertz CT molecular complexity index is 1050. The molecular formula is C25H28ClN3O2. The van der Waals surface area contributed by atoms with E-state index in [0.29, 0.717) is 36.8 Å². The minimum absolute atomic E-state index is 0.0943. The second kappa shape index (κ2) is 9.25. The summed E-state index contributed by atoms with van der Waals surface area (Å²) in [7, 11) is 0. The van der Waals surface area contributed by atoms with Gasteiger partial charge in [0.15, 0.2) is 0 Å². The topological polar surface area (TPSA) is 56.1 Å². The number of hydrogen-bond acceptors (Lipinski definition) is 3. The molecule has 0 radical (unpaired) electrons. The molecule has 31 heavy (non-hydrogen) atoms. The molecule has 5 nitrogen and oxygen atoms in total. The minimum atomic E-state index is -0.182. The number of nitrogens with zero attached hydrogens (tertiary/aromatic N) is 2. The number of rotatable bonds is 6. The van der Waals surface area contributed by atoms with Crippen molar-refractivity contribution in [3.8, 4) is 5.69 Å². The van der Waals surface area contributed by atoms with Gasteiger partial charge < -0.3 is 10.1 Å². The minimum Gasteiger partial charge on any atom is -0.381 e. The molecule has 1 amide bonds. The number of amides is 1. The van der Waals surface area contributed by atoms with E-state index in [-0.39, 0.29) is 11.3 Å². The number of nitrogens with one attached hydrogen (secondary N) is 1. The first-order valence-electron chi connectivity index (χ1n) is 10.8. The van der Waals surface area contributed by atoms with E-state index in [9.17, 15) is 4.79 Å². The van der Waals surface area contributed by atoms with E-state index >= 15 is 0 Å². The van der Waals surface area contributed by atoms with Gasteiger partial charge in [-0.05, 0) is 56.0 Å². The number of aryl methyl sites for hydroxylation is 1. The standard InChI is InChI=1S/C25H28ClN3O2/c1-3-23-22(16-28-29(23)21-9-7-18(2)8-10-21)24(30)27-17-25(11-13-31-14-12-25)19-5-4-6-20(26)15-19/h4-10,15-16H,3,11-14,17H2,1-2H3,(H,27,30). The van der Waals surface area contributed by atoms with Gasteiger partial charge in [-0.15, -0.1) is 0 Å². The number of benzene rings is 2. The third kappa shape index (κ3) is 4.53. The molecule has 0 spiro atoms. The Morgan fingerprint density at radius 1 is 1.19 bits per heavy atom. The largest absolute Gasteiger partial charge is 0.381 e. The first-order chi connectivity index (χ1) is 15.0. The number of hydrogen-bond donors (Lipinski definition) is 1. The van der Waals surface area contributed by atoms with E-state index in [1.54, 1.807) is 6.20 Å². The normalized spacial score (nSPS) is 15.6. The van der Waals surface area contributed by atoms with E-state index in [4.69, 9.17) is 16.3 Å². The molecule has 1 aliphatic rings. The summed E-state index contributed by atoms with van der Waals surface area (Å²) >= 11 is 6.27. The maximum atomic E-state index is 13.2. The molecule has 4 rings (SSSR count). The van der Waals surface area contributed by atoms with Crippen LogP contribution in [-0.4, -0.2) is 35.4 Å². The van der Waals surface area contributed by atoms with Crippen LogP contribution in [0.1, 0.15) is 46.9 Å². The number of carbonyl (C=O) groups excluding carboxylic acids is 1. The molecule has 0 unspecified atom stereocenters.